The molecule has 3 N–H and O–H groups in total. The normalized spacial score (nSPS) is 10.1. The first kappa shape index (κ1) is 14.5. The van der Waals surface area contributed by atoms with E-state index >= 15 is 0 Å². The van der Waals surface area contributed by atoms with Crippen molar-refractivity contribution in [2.75, 3.05) is 5.32 Å². The Kier molecular flexibility index (Phi) is 4.72. The average molecular weight is 334 g/mol. The molecule has 0 saturated heterocycles. The summed E-state index contributed by atoms with van der Waals surface area (Å²) in [6.45, 7) is 0.917. The zero-order valence-electron chi connectivity index (χ0n) is 10.7. The molecule has 0 amide bonds. The van der Waals surface area contributed by atoms with Crippen molar-refractivity contribution >= 4 is 21.6 Å². The Labute approximate surface area is 125 Å². The molecule has 0 fully saturated rings. The number of rotatable bonds is 4. The minimum absolute atomic E-state index is 0.178. The second-order valence-electron chi connectivity index (χ2n) is 4.23. The van der Waals surface area contributed by atoms with Gasteiger partial charge in [0.25, 0.3) is 0 Å². The standard InChI is InChI=1S/C15H13BrFN3/c16-14-11(8-19)5-6-13(15(14)17)20-9-12-4-2-1-3-10(12)7-18/h1-6,20H,7,9,18H2. The SMILES string of the molecule is N#Cc1ccc(NCc2ccccc2CN)c(F)c1Br. The van der Waals surface area contributed by atoms with E-state index in [4.69, 9.17) is 11.0 Å². The number of halogens is 2. The van der Waals surface area contributed by atoms with E-state index < -0.39 is 5.82 Å². The number of hydrogen-bond acceptors (Lipinski definition) is 3. The molecule has 0 saturated carbocycles. The maximum absolute atomic E-state index is 14.0. The molecule has 0 unspecified atom stereocenters. The van der Waals surface area contributed by atoms with Gasteiger partial charge in [-0.3, -0.25) is 0 Å². The van der Waals surface area contributed by atoms with Crippen LogP contribution in [0, 0.1) is 17.1 Å². The maximum Gasteiger partial charge on any atom is 0.161 e. The van der Waals surface area contributed by atoms with E-state index in [1.54, 1.807) is 12.1 Å². The predicted molar refractivity (Wildman–Crippen MR) is 80.5 cm³/mol. The fourth-order valence-corrected chi connectivity index (χ4v) is 2.33. The molecule has 0 atom stereocenters. The van der Waals surface area contributed by atoms with Gasteiger partial charge in [-0.25, -0.2) is 4.39 Å². The number of nitrogens with zero attached hydrogens (tertiary/aromatic N) is 1. The van der Waals surface area contributed by atoms with Crippen molar-refractivity contribution in [2.24, 2.45) is 5.73 Å². The number of nitrogens with one attached hydrogen (secondary N) is 1. The van der Waals surface area contributed by atoms with Gasteiger partial charge in [0.1, 0.15) is 6.07 Å². The number of nitriles is 1. The van der Waals surface area contributed by atoms with Gasteiger partial charge in [0.2, 0.25) is 0 Å². The summed E-state index contributed by atoms with van der Waals surface area (Å²) < 4.78 is 14.2. The number of nitrogens with two attached hydrogens (primary N) is 1. The Balaban J connectivity index is 2.20. The lowest BCUT2D eigenvalue weighted by molar-refractivity contribution is 0.623. The van der Waals surface area contributed by atoms with Crippen molar-refractivity contribution in [2.45, 2.75) is 13.1 Å². The van der Waals surface area contributed by atoms with Crippen LogP contribution in [0.15, 0.2) is 40.9 Å². The molecule has 20 heavy (non-hydrogen) atoms. The molecule has 2 aromatic carbocycles. The Morgan fingerprint density at radius 1 is 1.20 bits per heavy atom. The monoisotopic (exact) mass is 333 g/mol. The molecule has 0 aromatic heterocycles. The second-order valence-corrected chi connectivity index (χ2v) is 5.02. The quantitative estimate of drug-likeness (QED) is 0.899. The third kappa shape index (κ3) is 2.98. The Bertz CT molecular complexity index is 665. The smallest absolute Gasteiger partial charge is 0.161 e. The van der Waals surface area contributed by atoms with E-state index in [9.17, 15) is 4.39 Å². The van der Waals surface area contributed by atoms with Crippen LogP contribution in [-0.4, -0.2) is 0 Å². The fourth-order valence-electron chi connectivity index (χ4n) is 1.89. The summed E-state index contributed by atoms with van der Waals surface area (Å²) in [4.78, 5) is 0. The van der Waals surface area contributed by atoms with Crippen LogP contribution in [0.3, 0.4) is 0 Å². The van der Waals surface area contributed by atoms with E-state index in [0.717, 1.165) is 11.1 Å². The summed E-state index contributed by atoms with van der Waals surface area (Å²) in [6.07, 6.45) is 0. The van der Waals surface area contributed by atoms with Gasteiger partial charge in [0.05, 0.1) is 15.7 Å². The van der Waals surface area contributed by atoms with Crippen LogP contribution in [0.25, 0.3) is 0 Å². The van der Waals surface area contributed by atoms with Gasteiger partial charge in [-0.1, -0.05) is 24.3 Å². The number of anilines is 1. The van der Waals surface area contributed by atoms with Crippen LogP contribution in [0.4, 0.5) is 10.1 Å². The Morgan fingerprint density at radius 2 is 1.90 bits per heavy atom. The van der Waals surface area contributed by atoms with Crippen LogP contribution in [0.5, 0.6) is 0 Å². The molecule has 0 aliphatic rings. The summed E-state index contributed by atoms with van der Waals surface area (Å²) in [6, 6.07) is 12.8. The third-order valence-electron chi connectivity index (χ3n) is 3.01. The largest absolute Gasteiger partial charge is 0.379 e. The summed E-state index contributed by atoms with van der Waals surface area (Å²) in [5.41, 5.74) is 8.33. The Hall–Kier alpha value is -1.90. The highest BCUT2D eigenvalue weighted by atomic mass is 79.9. The van der Waals surface area contributed by atoms with Crippen molar-refractivity contribution in [1.82, 2.24) is 0 Å². The molecule has 0 aliphatic carbocycles. The lowest BCUT2D eigenvalue weighted by Gasteiger charge is -2.12. The van der Waals surface area contributed by atoms with E-state index in [1.165, 1.54) is 0 Å². The van der Waals surface area contributed by atoms with Gasteiger partial charge in [-0.05, 0) is 39.2 Å². The zero-order chi connectivity index (χ0) is 14.5. The van der Waals surface area contributed by atoms with Crippen LogP contribution in [0.2, 0.25) is 0 Å². The molecule has 2 rings (SSSR count). The maximum atomic E-state index is 14.0. The molecule has 2 aromatic rings. The first-order valence-electron chi connectivity index (χ1n) is 6.06. The summed E-state index contributed by atoms with van der Waals surface area (Å²) >= 11 is 3.09. The Morgan fingerprint density at radius 3 is 2.55 bits per heavy atom. The molecule has 0 bridgehead atoms. The first-order chi connectivity index (χ1) is 9.67. The van der Waals surface area contributed by atoms with E-state index in [0.29, 0.717) is 18.8 Å². The van der Waals surface area contributed by atoms with Crippen LogP contribution in [-0.2, 0) is 13.1 Å². The summed E-state index contributed by atoms with van der Waals surface area (Å²) in [7, 11) is 0. The molecule has 3 nitrogen and oxygen atoms in total. The molecule has 0 radical (unpaired) electrons. The van der Waals surface area contributed by atoms with Gasteiger partial charge < -0.3 is 11.1 Å². The molecule has 5 heteroatoms. The van der Waals surface area contributed by atoms with E-state index in [-0.39, 0.29) is 10.0 Å². The minimum Gasteiger partial charge on any atom is -0.379 e. The van der Waals surface area contributed by atoms with Gasteiger partial charge in [0, 0.05) is 13.1 Å². The van der Waals surface area contributed by atoms with Crippen molar-refractivity contribution in [3.63, 3.8) is 0 Å². The van der Waals surface area contributed by atoms with E-state index in [1.807, 2.05) is 30.3 Å². The van der Waals surface area contributed by atoms with Crippen molar-refractivity contribution in [3.8, 4) is 6.07 Å². The molecule has 0 spiro atoms. The topological polar surface area (TPSA) is 61.8 Å². The number of hydrogen-bond donors (Lipinski definition) is 2. The van der Waals surface area contributed by atoms with Crippen molar-refractivity contribution in [1.29, 1.82) is 5.26 Å². The molecule has 0 aliphatic heterocycles. The second kappa shape index (κ2) is 6.51. The van der Waals surface area contributed by atoms with Crippen LogP contribution >= 0.6 is 15.9 Å². The summed E-state index contributed by atoms with van der Waals surface area (Å²) in [5, 5.41) is 11.9. The molecule has 102 valence electrons. The van der Waals surface area contributed by atoms with Crippen molar-refractivity contribution in [3.05, 3.63) is 63.4 Å². The zero-order valence-corrected chi connectivity index (χ0v) is 12.2. The fraction of sp³-hybridized carbons (Fsp3) is 0.133. The van der Waals surface area contributed by atoms with Gasteiger partial charge >= 0.3 is 0 Å². The van der Waals surface area contributed by atoms with Crippen molar-refractivity contribution < 1.29 is 4.39 Å². The molecular formula is C15H13BrFN3. The first-order valence-corrected chi connectivity index (χ1v) is 6.85. The number of benzene rings is 2. The third-order valence-corrected chi connectivity index (χ3v) is 3.79. The average Bonchev–Trinajstić information content (AvgIpc) is 2.49. The highest BCUT2D eigenvalue weighted by Crippen LogP contribution is 2.27. The van der Waals surface area contributed by atoms with E-state index in [2.05, 4.69) is 21.2 Å². The lowest BCUT2D eigenvalue weighted by atomic mass is 10.1. The van der Waals surface area contributed by atoms with Gasteiger partial charge in [0.15, 0.2) is 5.82 Å². The lowest BCUT2D eigenvalue weighted by Crippen LogP contribution is -2.07. The van der Waals surface area contributed by atoms with Gasteiger partial charge in [-0.2, -0.15) is 5.26 Å². The molecular weight excluding hydrogens is 321 g/mol. The summed E-state index contributed by atoms with van der Waals surface area (Å²) in [5.74, 6) is -0.464. The van der Waals surface area contributed by atoms with Crippen LogP contribution in [0.1, 0.15) is 16.7 Å². The molecule has 0 heterocycles. The highest BCUT2D eigenvalue weighted by molar-refractivity contribution is 9.10. The van der Waals surface area contributed by atoms with Crippen LogP contribution < -0.4 is 11.1 Å². The van der Waals surface area contributed by atoms with Gasteiger partial charge in [-0.15, -0.1) is 0 Å². The highest BCUT2D eigenvalue weighted by Gasteiger charge is 2.11. The predicted octanol–water partition coefficient (Wildman–Crippen LogP) is 3.53. The minimum atomic E-state index is -0.464.